The van der Waals surface area contributed by atoms with Crippen LogP contribution >= 0.6 is 23.4 Å². The normalized spacial score (nSPS) is 21.3. The van der Waals surface area contributed by atoms with Crippen LogP contribution in [0.2, 0.25) is 5.02 Å². The number of halogens is 1. The fourth-order valence-corrected chi connectivity index (χ4v) is 3.92. The van der Waals surface area contributed by atoms with E-state index in [1.165, 1.54) is 12.8 Å². The Morgan fingerprint density at radius 3 is 2.95 bits per heavy atom. The summed E-state index contributed by atoms with van der Waals surface area (Å²) in [4.78, 5) is 12.1. The first-order valence-electron chi connectivity index (χ1n) is 7.12. The minimum atomic E-state index is -0.395. The molecule has 0 radical (unpaired) electrons. The molecule has 1 saturated carbocycles. The highest BCUT2D eigenvalue weighted by Gasteiger charge is 2.28. The lowest BCUT2D eigenvalue weighted by molar-refractivity contribution is 0.0527. The topological polar surface area (TPSA) is 64.3 Å². The third-order valence-corrected chi connectivity index (χ3v) is 5.16. The van der Waals surface area contributed by atoms with E-state index in [2.05, 4.69) is 11.6 Å². The second kappa shape index (κ2) is 7.27. The second-order valence-corrected chi connectivity index (χ2v) is 6.59. The molecular formula is C15H21ClN2O2S. The minimum absolute atomic E-state index is 0.314. The van der Waals surface area contributed by atoms with Crippen molar-refractivity contribution in [2.45, 2.75) is 37.5 Å². The molecule has 21 heavy (non-hydrogen) atoms. The number of ether oxygens (including phenoxy) is 1. The molecule has 1 fully saturated rings. The largest absolute Gasteiger partial charge is 0.462 e. The number of benzene rings is 1. The van der Waals surface area contributed by atoms with Gasteiger partial charge in [-0.2, -0.15) is 11.8 Å². The maximum absolute atomic E-state index is 12.1. The average molecular weight is 329 g/mol. The van der Waals surface area contributed by atoms with Crippen LogP contribution in [0.25, 0.3) is 0 Å². The highest BCUT2D eigenvalue weighted by atomic mass is 35.5. The van der Waals surface area contributed by atoms with Gasteiger partial charge in [0.15, 0.2) is 0 Å². The van der Waals surface area contributed by atoms with E-state index >= 15 is 0 Å². The number of nitrogens with one attached hydrogen (secondary N) is 1. The number of hydrogen-bond acceptors (Lipinski definition) is 5. The minimum Gasteiger partial charge on any atom is -0.462 e. The fraction of sp³-hybridized carbons (Fsp3) is 0.533. The number of nitrogen functional groups attached to an aromatic ring is 1. The summed E-state index contributed by atoms with van der Waals surface area (Å²) in [6.45, 7) is 2.10. The summed E-state index contributed by atoms with van der Waals surface area (Å²) in [6, 6.07) is 3.60. The Balaban J connectivity index is 2.30. The predicted molar refractivity (Wildman–Crippen MR) is 90.4 cm³/mol. The van der Waals surface area contributed by atoms with Crippen molar-refractivity contribution in [3.8, 4) is 0 Å². The molecule has 0 aliphatic heterocycles. The average Bonchev–Trinajstić information content (AvgIpc) is 2.89. The number of hydrogen-bond donors (Lipinski definition) is 2. The number of nitrogens with two attached hydrogens (primary N) is 1. The standard InChI is InChI=1S/C15H21ClN2O2S/c1-3-20-15(19)10-7-9(17)8-11(16)14(10)18-12-5-4-6-13(12)21-2/h7-8,12-13,18H,3-6,17H2,1-2H3. The molecule has 0 heterocycles. The lowest BCUT2D eigenvalue weighted by Gasteiger charge is -2.23. The highest BCUT2D eigenvalue weighted by molar-refractivity contribution is 7.99. The van der Waals surface area contributed by atoms with E-state index < -0.39 is 5.97 Å². The zero-order chi connectivity index (χ0) is 15.4. The van der Waals surface area contributed by atoms with Crippen molar-refractivity contribution in [1.82, 2.24) is 0 Å². The Bertz CT molecular complexity index is 525. The summed E-state index contributed by atoms with van der Waals surface area (Å²) in [5, 5.41) is 4.43. The Morgan fingerprint density at radius 1 is 1.52 bits per heavy atom. The van der Waals surface area contributed by atoms with Crippen LogP contribution in [0.5, 0.6) is 0 Å². The van der Waals surface area contributed by atoms with E-state index in [-0.39, 0.29) is 0 Å². The van der Waals surface area contributed by atoms with E-state index in [1.807, 2.05) is 11.8 Å². The first kappa shape index (κ1) is 16.3. The van der Waals surface area contributed by atoms with Crippen molar-refractivity contribution in [3.05, 3.63) is 22.7 Å². The van der Waals surface area contributed by atoms with Gasteiger partial charge < -0.3 is 15.8 Å². The van der Waals surface area contributed by atoms with Gasteiger partial charge >= 0.3 is 5.97 Å². The van der Waals surface area contributed by atoms with Crippen molar-refractivity contribution < 1.29 is 9.53 Å². The number of carbonyl (C=O) groups excluding carboxylic acids is 1. The zero-order valence-corrected chi connectivity index (χ0v) is 13.9. The second-order valence-electron chi connectivity index (χ2n) is 5.10. The summed E-state index contributed by atoms with van der Waals surface area (Å²) < 4.78 is 5.10. The molecule has 0 amide bonds. The molecule has 2 atom stereocenters. The number of thioether (sulfide) groups is 1. The number of esters is 1. The van der Waals surface area contributed by atoms with Gasteiger partial charge in [0.25, 0.3) is 0 Å². The molecule has 0 bridgehead atoms. The van der Waals surface area contributed by atoms with Crippen molar-refractivity contribution >= 4 is 40.7 Å². The van der Waals surface area contributed by atoms with Crippen LogP contribution in [0.15, 0.2) is 12.1 Å². The first-order valence-corrected chi connectivity index (χ1v) is 8.78. The van der Waals surface area contributed by atoms with E-state index in [1.54, 1.807) is 19.1 Å². The van der Waals surface area contributed by atoms with Crippen molar-refractivity contribution in [3.63, 3.8) is 0 Å². The lowest BCUT2D eigenvalue weighted by Crippen LogP contribution is -2.27. The molecule has 1 aromatic rings. The summed E-state index contributed by atoms with van der Waals surface area (Å²) >= 11 is 8.14. The van der Waals surface area contributed by atoms with Crippen molar-refractivity contribution in [1.29, 1.82) is 0 Å². The maximum Gasteiger partial charge on any atom is 0.340 e. The van der Waals surface area contributed by atoms with Gasteiger partial charge in [0.05, 0.1) is 22.9 Å². The Labute approximate surface area is 134 Å². The van der Waals surface area contributed by atoms with Crippen molar-refractivity contribution in [2.75, 3.05) is 23.9 Å². The third-order valence-electron chi connectivity index (χ3n) is 3.69. The van der Waals surface area contributed by atoms with E-state index in [4.69, 9.17) is 22.1 Å². The monoisotopic (exact) mass is 328 g/mol. The lowest BCUT2D eigenvalue weighted by atomic mass is 10.1. The molecule has 0 aromatic heterocycles. The van der Waals surface area contributed by atoms with Gasteiger partial charge in [-0.15, -0.1) is 0 Å². The SMILES string of the molecule is CCOC(=O)c1cc(N)cc(Cl)c1NC1CCCC1SC. The van der Waals surface area contributed by atoms with Gasteiger partial charge in [-0.3, -0.25) is 0 Å². The molecule has 0 saturated heterocycles. The van der Waals surface area contributed by atoms with Gasteiger partial charge in [0, 0.05) is 17.0 Å². The van der Waals surface area contributed by atoms with Gasteiger partial charge in [0.2, 0.25) is 0 Å². The molecule has 4 nitrogen and oxygen atoms in total. The Morgan fingerprint density at radius 2 is 2.29 bits per heavy atom. The smallest absolute Gasteiger partial charge is 0.340 e. The number of anilines is 2. The third kappa shape index (κ3) is 3.77. The summed E-state index contributed by atoms with van der Waals surface area (Å²) in [5.74, 6) is -0.395. The zero-order valence-electron chi connectivity index (χ0n) is 12.3. The summed E-state index contributed by atoms with van der Waals surface area (Å²) in [7, 11) is 0. The predicted octanol–water partition coefficient (Wildman–Crippen LogP) is 3.79. The van der Waals surface area contributed by atoms with Gasteiger partial charge in [-0.05, 0) is 38.2 Å². The molecule has 1 aliphatic rings. The van der Waals surface area contributed by atoms with E-state index in [9.17, 15) is 4.79 Å². The first-order chi connectivity index (χ1) is 10.1. The van der Waals surface area contributed by atoms with Crippen LogP contribution in [-0.4, -0.2) is 30.1 Å². The number of rotatable bonds is 5. The van der Waals surface area contributed by atoms with Crippen LogP contribution in [0, 0.1) is 0 Å². The quantitative estimate of drug-likeness (QED) is 0.636. The van der Waals surface area contributed by atoms with Crippen LogP contribution in [-0.2, 0) is 4.74 Å². The van der Waals surface area contributed by atoms with E-state index in [0.717, 1.165) is 6.42 Å². The molecule has 2 rings (SSSR count). The summed E-state index contributed by atoms with van der Waals surface area (Å²) in [6.07, 6.45) is 5.56. The Hall–Kier alpha value is -1.07. The molecule has 2 unspecified atom stereocenters. The summed E-state index contributed by atoms with van der Waals surface area (Å²) in [5.41, 5.74) is 7.30. The van der Waals surface area contributed by atoms with Gasteiger partial charge in [-0.1, -0.05) is 18.0 Å². The van der Waals surface area contributed by atoms with Crippen LogP contribution in [0.3, 0.4) is 0 Å². The molecule has 1 aromatic carbocycles. The van der Waals surface area contributed by atoms with Crippen LogP contribution < -0.4 is 11.1 Å². The number of carbonyl (C=O) groups is 1. The van der Waals surface area contributed by atoms with Crippen LogP contribution in [0.1, 0.15) is 36.5 Å². The van der Waals surface area contributed by atoms with Crippen LogP contribution in [0.4, 0.5) is 11.4 Å². The highest BCUT2D eigenvalue weighted by Crippen LogP contribution is 2.35. The molecule has 1 aliphatic carbocycles. The molecule has 6 heteroatoms. The molecule has 0 spiro atoms. The Kier molecular flexibility index (Phi) is 5.65. The van der Waals surface area contributed by atoms with E-state index in [0.29, 0.717) is 39.9 Å². The molecule has 3 N–H and O–H groups in total. The van der Waals surface area contributed by atoms with Gasteiger partial charge in [-0.25, -0.2) is 4.79 Å². The fourth-order valence-electron chi connectivity index (χ4n) is 2.70. The molecule has 116 valence electrons. The molecular weight excluding hydrogens is 308 g/mol. The maximum atomic E-state index is 12.1. The van der Waals surface area contributed by atoms with Crippen molar-refractivity contribution in [2.24, 2.45) is 0 Å². The van der Waals surface area contributed by atoms with Gasteiger partial charge in [0.1, 0.15) is 0 Å².